The van der Waals surface area contributed by atoms with E-state index in [1.165, 1.54) is 0 Å². The van der Waals surface area contributed by atoms with Gasteiger partial charge in [0.15, 0.2) is 0 Å². The maximum atomic E-state index is 8.48. The molecule has 0 aromatic rings. The molecule has 0 fully saturated rings. The zero-order valence-corrected chi connectivity index (χ0v) is 30.0. The first-order valence-electron chi connectivity index (χ1n) is 11.6. The van der Waals surface area contributed by atoms with Gasteiger partial charge < -0.3 is 74.7 Å². The first-order chi connectivity index (χ1) is 18.0. The summed E-state index contributed by atoms with van der Waals surface area (Å²) in [6.07, 6.45) is 0. The fourth-order valence-electron chi connectivity index (χ4n) is 1.68. The van der Waals surface area contributed by atoms with Gasteiger partial charge in [0.2, 0.25) is 0 Å². The molecule has 0 unspecified atom stereocenters. The van der Waals surface area contributed by atoms with Gasteiger partial charge in [-0.3, -0.25) is 11.8 Å². The topological polar surface area (TPSA) is 248 Å². The van der Waals surface area contributed by atoms with Gasteiger partial charge in [-0.05, 0) is 0 Å². The molecule has 15 nitrogen and oxygen atoms in total. The Morgan fingerprint density at radius 3 is 0.468 bits per heavy atom. The van der Waals surface area contributed by atoms with Crippen LogP contribution < -0.4 is 0 Å². The predicted octanol–water partition coefficient (Wildman–Crippen LogP) is 20.5. The Morgan fingerprint density at radius 2 is 0.390 bits per heavy atom. The minimum absolute atomic E-state index is 0. The molecule has 0 spiro atoms. The number of aliphatic hydroxyl groups excluding tert-OH is 10. The maximum absolute atomic E-state index is 8.48. The van der Waals surface area contributed by atoms with Crippen LogP contribution in [0.3, 0.4) is 0 Å². The van der Waals surface area contributed by atoms with Crippen molar-refractivity contribution in [1.82, 2.24) is 0 Å². The molecule has 0 heterocycles. The van der Waals surface area contributed by atoms with Gasteiger partial charge in [0.25, 0.3) is 0 Å². The van der Waals surface area contributed by atoms with E-state index in [1.54, 1.807) is 20.8 Å². The van der Waals surface area contributed by atoms with Gasteiger partial charge in [-0.1, -0.05) is 315 Å². The third-order valence-electron chi connectivity index (χ3n) is 4.19. The second-order valence-electron chi connectivity index (χ2n) is 8.71. The Balaban J connectivity index is -0.00000000425. The van der Waals surface area contributed by atoms with Crippen molar-refractivity contribution in [3.63, 3.8) is 0 Å². The predicted molar refractivity (Wildman–Crippen MR) is 384 cm³/mol. The van der Waals surface area contributed by atoms with E-state index in [1.807, 2.05) is 6.92 Å². The monoisotopic (exact) mass is 1340 g/mol. The van der Waals surface area contributed by atoms with E-state index < -0.39 is 10.8 Å². The third-order valence-corrected chi connectivity index (χ3v) is 4.19. The van der Waals surface area contributed by atoms with Crippen LogP contribution in [0.4, 0.5) is 0 Å². The van der Waals surface area contributed by atoms with Crippen molar-refractivity contribution < 1.29 is 140 Å². The van der Waals surface area contributed by atoms with E-state index in [4.69, 9.17) is 65.3 Å². The smallest absolute Gasteiger partial charge is 0.143 e. The molecule has 0 rings (SSSR count). The molecule has 0 atom stereocenters. The van der Waals surface area contributed by atoms with Gasteiger partial charge in [0, 0.05) is 76.2 Å². The van der Waals surface area contributed by atoms with E-state index in [0.29, 0.717) is 19.1 Å². The molecular formula is C60H200O15Y2-2. The van der Waals surface area contributed by atoms with Crippen molar-refractivity contribution in [2.75, 3.05) is 100 Å². The van der Waals surface area contributed by atoms with Crippen LogP contribution in [0.2, 0.25) is 0 Å². The minimum Gasteiger partial charge on any atom is -0.428 e. The Labute approximate surface area is 561 Å². The summed E-state index contributed by atoms with van der Waals surface area (Å²) < 4.78 is 23.8. The quantitative estimate of drug-likeness (QED) is 0.0402. The zero-order chi connectivity index (χ0) is 30.3. The average Bonchev–Trinajstić information content (AvgIpc) is 2.95. The van der Waals surface area contributed by atoms with E-state index in [0.717, 1.165) is 5.92 Å². The van der Waals surface area contributed by atoms with Gasteiger partial charge in [-0.2, -0.15) is 13.8 Å². The Kier molecular flexibility index (Phi) is 1410. The van der Waals surface area contributed by atoms with E-state index in [-0.39, 0.29) is 427 Å². The second-order valence-corrected chi connectivity index (χ2v) is 8.71. The summed E-state index contributed by atoms with van der Waals surface area (Å²) in [5, 5.41) is 83.5. The van der Waals surface area contributed by atoms with Crippen LogP contribution in [0.5, 0.6) is 0 Å². The number of hydrogen-bond donors (Lipinski definition) is 10. The van der Waals surface area contributed by atoms with Crippen LogP contribution in [0.25, 0.3) is 0 Å². The second kappa shape index (κ2) is 290. The van der Waals surface area contributed by atoms with Crippen LogP contribution in [-0.4, -0.2) is 151 Å². The number of ether oxygens (including phenoxy) is 5. The molecule has 0 saturated heterocycles. The maximum Gasteiger partial charge on any atom is 0.143 e. The number of aliphatic hydroxyl groups is 10. The van der Waals surface area contributed by atoms with Crippen molar-refractivity contribution in [2.45, 2.75) is 302 Å². The molecule has 77 heavy (non-hydrogen) atoms. The summed E-state index contributed by atoms with van der Waals surface area (Å²) in [5.41, 5.74) is -1.20. The van der Waals surface area contributed by atoms with Crippen LogP contribution in [0, 0.1) is 22.7 Å². The average molecular weight is 1340 g/mol. The van der Waals surface area contributed by atoms with Crippen LogP contribution in [-0.2, 0) is 89.1 Å². The first kappa shape index (κ1) is 373. The third kappa shape index (κ3) is 314. The molecule has 0 aliphatic rings. The molecule has 0 aromatic heterocycles. The van der Waals surface area contributed by atoms with E-state index in [9.17, 15) is 0 Å². The largest absolute Gasteiger partial charge is 0.428 e. The molecule has 0 saturated carbocycles. The zero-order valence-electron chi connectivity index (χ0n) is 24.3. The Morgan fingerprint density at radius 1 is 0.247 bits per heavy atom. The van der Waals surface area contributed by atoms with Gasteiger partial charge in [-0.15, -0.1) is 0 Å². The molecule has 0 aliphatic heterocycles. The molecule has 0 aliphatic carbocycles. The Bertz CT molecular complexity index is 416. The van der Waals surface area contributed by atoms with Crippen molar-refractivity contribution in [3.8, 4) is 0 Å². The number of rotatable bonds is 20. The van der Waals surface area contributed by atoms with Gasteiger partial charge >= 0.3 is 0 Å². The van der Waals surface area contributed by atoms with Crippen molar-refractivity contribution >= 4 is 0 Å². The van der Waals surface area contributed by atoms with Crippen LogP contribution in [0.15, 0.2) is 0 Å². The van der Waals surface area contributed by atoms with E-state index in [2.05, 4.69) is 9.47 Å². The van der Waals surface area contributed by atoms with Crippen molar-refractivity contribution in [1.29, 1.82) is 0 Å². The molecule has 10 N–H and O–H groups in total. The summed E-state index contributed by atoms with van der Waals surface area (Å²) in [7, 11) is 0. The number of hydrogen-bond acceptors (Lipinski definition) is 15. The molecule has 17 heteroatoms. The molecule has 2 radical (unpaired) electrons. The Hall–Kier alpha value is 1.61. The van der Waals surface area contributed by atoms with E-state index >= 15 is 0 Å². The normalized spacial score (nSPS) is 5.61. The molecule has 0 amide bonds. The summed E-state index contributed by atoms with van der Waals surface area (Å²) in [6, 6.07) is 0. The first-order valence-corrected chi connectivity index (χ1v) is 11.6. The fourth-order valence-corrected chi connectivity index (χ4v) is 1.68. The van der Waals surface area contributed by atoms with Gasteiger partial charge in [0.1, 0.15) is 34.0 Å². The molecule has 0 aromatic carbocycles. The minimum atomic E-state index is -0.708. The van der Waals surface area contributed by atoms with Crippen LogP contribution >= 0.6 is 0 Å². The molecule has 0 bridgehead atoms. The van der Waals surface area contributed by atoms with Crippen LogP contribution in [0.1, 0.15) is 302 Å². The molecular weight excluding hydrogens is 1140 g/mol. The summed E-state index contributed by atoms with van der Waals surface area (Å²) in [4.78, 5) is 0. The summed E-state index contributed by atoms with van der Waals surface area (Å²) in [6.45, 7) is 6.09. The SMILES string of the molecule is C.C.C.C.C.C.C.C.C.C.C.C.C.C.C.C.C.C.C.C.C.C.C.C.C.C.C.C.C.C.C.C.C.C.C.C.C.CC(CO)(CO)CO.CC(COCO)(COCO)COCO.C[C-](CO)CO.C[C-](COCO)COCO.[Y].[Y]. The fraction of sp³-hybridized carbons (Fsp3) is 0.967. The van der Waals surface area contributed by atoms with Gasteiger partial charge in [-0.25, -0.2) is 0 Å². The van der Waals surface area contributed by atoms with Crippen molar-refractivity contribution in [2.24, 2.45) is 10.8 Å². The summed E-state index contributed by atoms with van der Waals surface area (Å²) in [5.74, 6) is 1.64. The standard InChI is InChI=1S/C8H18O6.C6H13O4.C5H12O3.C4H9O2.37CH4.2Y/c1-8(2-12-5-9,3-13-6-10)4-14-7-11;1-6(2-9-4-7)3-10-5-8;1-5(2-6,3-7)4-8;1-4(2-5)3-6;;;;;;;;;;;;;;;;;;;;;;;;;;;;;;;;;;;;;;;/h9-11H,2-7H2,1H3;7-8H,2-5H2,1H3;6-8H,2-4H2,1H3;5-6H,2-3H2,1H3;37*1H4;;/q;-1;;-1;;;;;;;;;;;;;;;;;;;;;;;;;;;;;;;;;;;;;;;. The van der Waals surface area contributed by atoms with Crippen molar-refractivity contribution in [3.05, 3.63) is 11.8 Å². The summed E-state index contributed by atoms with van der Waals surface area (Å²) >= 11 is 0. The molecule has 538 valence electrons. The van der Waals surface area contributed by atoms with Gasteiger partial charge in [0.05, 0.1) is 39.6 Å².